The van der Waals surface area contributed by atoms with Gasteiger partial charge in [-0.25, -0.2) is 4.68 Å². The van der Waals surface area contributed by atoms with E-state index in [1.54, 1.807) is 49.8 Å². The zero-order valence-corrected chi connectivity index (χ0v) is 17.0. The van der Waals surface area contributed by atoms with Gasteiger partial charge in [0, 0.05) is 13.5 Å². The van der Waals surface area contributed by atoms with Gasteiger partial charge in [0.1, 0.15) is 5.69 Å². The fourth-order valence-electron chi connectivity index (χ4n) is 2.44. The van der Waals surface area contributed by atoms with Crippen LogP contribution in [0.5, 0.6) is 0 Å². The van der Waals surface area contributed by atoms with Crippen molar-refractivity contribution >= 4 is 38.1 Å². The number of nitrogens with zero attached hydrogens (tertiary/aromatic N) is 4. The van der Waals surface area contributed by atoms with Gasteiger partial charge in [0.2, 0.25) is 11.0 Å². The van der Waals surface area contributed by atoms with Crippen LogP contribution in [0.4, 0.5) is 10.8 Å². The minimum atomic E-state index is -4.15. The zero-order chi connectivity index (χ0) is 20.5. The highest BCUT2D eigenvalue weighted by molar-refractivity contribution is 7.94. The lowest BCUT2D eigenvalue weighted by molar-refractivity contribution is -0.115. The Kier molecular flexibility index (Phi) is 5.34. The van der Waals surface area contributed by atoms with Crippen molar-refractivity contribution < 1.29 is 13.2 Å². The van der Waals surface area contributed by atoms with Crippen LogP contribution in [0, 0.1) is 6.92 Å². The molecule has 1 amide bonds. The summed E-state index contributed by atoms with van der Waals surface area (Å²) in [4.78, 5) is 24.2. The highest BCUT2D eigenvalue weighted by Crippen LogP contribution is 2.23. The fourth-order valence-corrected chi connectivity index (χ4v) is 4.47. The van der Waals surface area contributed by atoms with E-state index in [0.29, 0.717) is 22.7 Å². The number of hydrogen-bond donors (Lipinski definition) is 2. The second-order valence-corrected chi connectivity index (χ2v) is 8.65. The summed E-state index contributed by atoms with van der Waals surface area (Å²) in [5, 5.41) is 9.78. The molecule has 12 heteroatoms. The molecule has 3 rings (SSSR count). The van der Waals surface area contributed by atoms with E-state index in [0.717, 1.165) is 0 Å². The molecule has 0 saturated carbocycles. The summed E-state index contributed by atoms with van der Waals surface area (Å²) in [6.45, 7) is 3.29. The van der Waals surface area contributed by atoms with E-state index in [1.165, 1.54) is 4.68 Å². The van der Waals surface area contributed by atoms with Crippen LogP contribution in [-0.4, -0.2) is 33.9 Å². The first-order valence-corrected chi connectivity index (χ1v) is 10.5. The van der Waals surface area contributed by atoms with Crippen molar-refractivity contribution in [2.24, 2.45) is 7.05 Å². The Morgan fingerprint density at radius 3 is 2.54 bits per heavy atom. The molecule has 0 aliphatic carbocycles. The number of rotatable bonds is 6. The van der Waals surface area contributed by atoms with Crippen molar-refractivity contribution in [3.05, 3.63) is 46.4 Å². The quantitative estimate of drug-likeness (QED) is 0.579. The van der Waals surface area contributed by atoms with Crippen LogP contribution >= 0.6 is 11.3 Å². The maximum Gasteiger partial charge on any atom is 0.296 e. The van der Waals surface area contributed by atoms with Crippen LogP contribution in [0.15, 0.2) is 39.5 Å². The lowest BCUT2D eigenvalue weighted by Gasteiger charge is -2.07. The van der Waals surface area contributed by atoms with Crippen LogP contribution in [0.2, 0.25) is 0 Å². The Labute approximate surface area is 164 Å². The molecule has 1 aromatic carbocycles. The molecule has 0 aliphatic heterocycles. The van der Waals surface area contributed by atoms with Gasteiger partial charge >= 0.3 is 0 Å². The van der Waals surface area contributed by atoms with Crippen LogP contribution in [0.1, 0.15) is 19.0 Å². The summed E-state index contributed by atoms with van der Waals surface area (Å²) in [5.74, 6) is -0.308. The van der Waals surface area contributed by atoms with Crippen molar-refractivity contribution in [2.45, 2.75) is 24.6 Å². The third-order valence-corrected chi connectivity index (χ3v) is 6.55. The van der Waals surface area contributed by atoms with Crippen LogP contribution < -0.4 is 15.6 Å². The number of aromatic nitrogens is 4. The third-order valence-electron chi connectivity index (χ3n) is 3.99. The van der Waals surface area contributed by atoms with Gasteiger partial charge in [-0.05, 0) is 19.1 Å². The van der Waals surface area contributed by atoms with Crippen molar-refractivity contribution in [3.63, 3.8) is 0 Å². The molecule has 148 valence electrons. The molecular weight excluding hydrogens is 404 g/mol. The van der Waals surface area contributed by atoms with Crippen molar-refractivity contribution in [3.8, 4) is 5.69 Å². The average molecular weight is 422 g/mol. The molecule has 0 saturated heterocycles. The maximum atomic E-state index is 12.8. The monoisotopic (exact) mass is 422 g/mol. The lowest BCUT2D eigenvalue weighted by atomic mass is 10.3. The standard InChI is InChI=1S/C16H18N6O4S2/c1-4-12(23)17-15-18-19-16(27-15)28(25,26)20-13-10(2)21(3)22(14(13)24)11-8-6-5-7-9-11/h5-9,20H,4H2,1-3H3,(H,17,18,23). The molecule has 0 aliphatic rings. The van der Waals surface area contributed by atoms with Gasteiger partial charge in [-0.3, -0.25) is 19.0 Å². The Balaban J connectivity index is 1.96. The molecule has 0 spiro atoms. The molecule has 10 nitrogen and oxygen atoms in total. The van der Waals surface area contributed by atoms with E-state index in [9.17, 15) is 18.0 Å². The average Bonchev–Trinajstić information content (AvgIpc) is 3.22. The number of carbonyl (C=O) groups is 1. The fraction of sp³-hybridized carbons (Fsp3) is 0.250. The Hall–Kier alpha value is -2.99. The number of hydrogen-bond acceptors (Lipinski definition) is 7. The SMILES string of the molecule is CCC(=O)Nc1nnc(S(=O)(=O)Nc2c(C)n(C)n(-c3ccccc3)c2=O)s1. The minimum Gasteiger partial charge on any atom is -0.301 e. The van der Waals surface area contributed by atoms with Gasteiger partial charge < -0.3 is 5.32 Å². The topological polar surface area (TPSA) is 128 Å². The van der Waals surface area contributed by atoms with E-state index in [2.05, 4.69) is 20.2 Å². The number of nitrogens with one attached hydrogen (secondary N) is 2. The molecule has 0 fully saturated rings. The molecule has 0 radical (unpaired) electrons. The van der Waals surface area contributed by atoms with E-state index < -0.39 is 15.6 Å². The van der Waals surface area contributed by atoms with Crippen LogP contribution in [0.3, 0.4) is 0 Å². The van der Waals surface area contributed by atoms with Crippen molar-refractivity contribution in [1.29, 1.82) is 0 Å². The first kappa shape index (κ1) is 19.8. The second-order valence-electron chi connectivity index (χ2n) is 5.82. The molecule has 0 bridgehead atoms. The van der Waals surface area contributed by atoms with Gasteiger partial charge in [0.05, 0.1) is 11.4 Å². The largest absolute Gasteiger partial charge is 0.301 e. The van der Waals surface area contributed by atoms with E-state index in [-0.39, 0.29) is 27.5 Å². The summed E-state index contributed by atoms with van der Waals surface area (Å²) >= 11 is 0.702. The summed E-state index contributed by atoms with van der Waals surface area (Å²) in [6, 6.07) is 8.86. The Bertz CT molecular complexity index is 1180. The van der Waals surface area contributed by atoms with Gasteiger partial charge in [0.25, 0.3) is 19.9 Å². The highest BCUT2D eigenvalue weighted by Gasteiger charge is 2.26. The smallest absolute Gasteiger partial charge is 0.296 e. The first-order chi connectivity index (χ1) is 13.2. The highest BCUT2D eigenvalue weighted by atomic mass is 32.2. The van der Waals surface area contributed by atoms with Gasteiger partial charge in [-0.15, -0.1) is 10.2 Å². The Morgan fingerprint density at radius 1 is 1.21 bits per heavy atom. The number of anilines is 2. The molecule has 2 N–H and O–H groups in total. The van der Waals surface area contributed by atoms with Crippen molar-refractivity contribution in [2.75, 3.05) is 10.0 Å². The second kappa shape index (κ2) is 7.56. The minimum absolute atomic E-state index is 0.0682. The summed E-state index contributed by atoms with van der Waals surface area (Å²) in [5.41, 5.74) is 0.435. The molecule has 0 atom stereocenters. The molecule has 2 aromatic heterocycles. The van der Waals surface area contributed by atoms with E-state index >= 15 is 0 Å². The molecule has 3 aromatic rings. The number of carbonyl (C=O) groups excluding carboxylic acids is 1. The number of sulfonamides is 1. The molecular formula is C16H18N6O4S2. The molecule has 0 unspecified atom stereocenters. The van der Waals surface area contributed by atoms with Crippen LogP contribution in [-0.2, 0) is 21.9 Å². The number of para-hydroxylation sites is 1. The summed E-state index contributed by atoms with van der Waals surface area (Å²) in [6.07, 6.45) is 0.224. The predicted molar refractivity (Wildman–Crippen MR) is 105 cm³/mol. The normalized spacial score (nSPS) is 11.4. The van der Waals surface area contributed by atoms with E-state index in [4.69, 9.17) is 0 Å². The van der Waals surface area contributed by atoms with Gasteiger partial charge in [0.15, 0.2) is 0 Å². The lowest BCUT2D eigenvalue weighted by Crippen LogP contribution is -2.23. The molecule has 2 heterocycles. The summed E-state index contributed by atoms with van der Waals surface area (Å²) in [7, 11) is -2.49. The number of amides is 1. The Morgan fingerprint density at radius 2 is 1.89 bits per heavy atom. The number of benzene rings is 1. The first-order valence-electron chi connectivity index (χ1n) is 8.24. The van der Waals surface area contributed by atoms with Gasteiger partial charge in [-0.1, -0.05) is 36.5 Å². The maximum absolute atomic E-state index is 12.8. The summed E-state index contributed by atoms with van der Waals surface area (Å²) < 4.78 is 30.2. The molecule has 28 heavy (non-hydrogen) atoms. The van der Waals surface area contributed by atoms with E-state index in [1.807, 2.05) is 6.07 Å². The van der Waals surface area contributed by atoms with Crippen LogP contribution in [0.25, 0.3) is 5.69 Å². The van der Waals surface area contributed by atoms with Gasteiger partial charge in [-0.2, -0.15) is 8.42 Å². The third kappa shape index (κ3) is 3.68. The predicted octanol–water partition coefficient (Wildman–Crippen LogP) is 1.49. The van der Waals surface area contributed by atoms with Crippen molar-refractivity contribution in [1.82, 2.24) is 19.6 Å². The zero-order valence-electron chi connectivity index (χ0n) is 15.3.